The number of hydrogen-bond acceptors (Lipinski definition) is 2. The van der Waals surface area contributed by atoms with Crippen molar-refractivity contribution in [3.63, 3.8) is 0 Å². The lowest BCUT2D eigenvalue weighted by Gasteiger charge is -2.19. The van der Waals surface area contributed by atoms with E-state index >= 15 is 0 Å². The zero-order valence-electron chi connectivity index (χ0n) is 11.9. The van der Waals surface area contributed by atoms with Crippen molar-refractivity contribution in [2.45, 2.75) is 89.2 Å². The van der Waals surface area contributed by atoms with Gasteiger partial charge in [0.2, 0.25) is 0 Å². The second kappa shape index (κ2) is 8.16. The van der Waals surface area contributed by atoms with E-state index in [2.05, 4.69) is 0 Å². The van der Waals surface area contributed by atoms with Crippen molar-refractivity contribution in [2.24, 2.45) is 11.7 Å². The van der Waals surface area contributed by atoms with Crippen LogP contribution in [0.3, 0.4) is 0 Å². The summed E-state index contributed by atoms with van der Waals surface area (Å²) in [5.41, 5.74) is 6.30. The zero-order chi connectivity index (χ0) is 12.6. The molecule has 1 aliphatic heterocycles. The molecule has 0 amide bonds. The van der Waals surface area contributed by atoms with Crippen molar-refractivity contribution in [3.8, 4) is 0 Å². The van der Waals surface area contributed by atoms with Gasteiger partial charge in [0.15, 0.2) is 0 Å². The van der Waals surface area contributed by atoms with Crippen LogP contribution in [0.2, 0.25) is 0 Å². The molecule has 2 fully saturated rings. The predicted molar refractivity (Wildman–Crippen MR) is 76.6 cm³/mol. The molecule has 1 aliphatic carbocycles. The van der Waals surface area contributed by atoms with Crippen LogP contribution in [-0.2, 0) is 4.74 Å². The molecule has 106 valence electrons. The van der Waals surface area contributed by atoms with Gasteiger partial charge in [0.1, 0.15) is 0 Å². The molecule has 0 bridgehead atoms. The molecule has 18 heavy (non-hydrogen) atoms. The van der Waals surface area contributed by atoms with Gasteiger partial charge in [-0.05, 0) is 44.4 Å². The Bertz CT molecular complexity index is 205. The molecule has 0 aromatic rings. The second-order valence-electron chi connectivity index (χ2n) is 6.42. The van der Waals surface area contributed by atoms with Crippen LogP contribution in [0.4, 0.5) is 0 Å². The molecular weight excluding hydrogens is 222 g/mol. The average Bonchev–Trinajstić information content (AvgIpc) is 2.74. The maximum atomic E-state index is 6.30. The van der Waals surface area contributed by atoms with E-state index in [1.54, 1.807) is 0 Å². The molecule has 2 aliphatic rings. The molecule has 1 saturated heterocycles. The Balaban J connectivity index is 1.54. The molecule has 2 atom stereocenters. The van der Waals surface area contributed by atoms with Gasteiger partial charge >= 0.3 is 0 Å². The summed E-state index contributed by atoms with van der Waals surface area (Å²) < 4.78 is 5.66. The van der Waals surface area contributed by atoms with E-state index < -0.39 is 0 Å². The highest BCUT2D eigenvalue weighted by atomic mass is 16.5. The van der Waals surface area contributed by atoms with Crippen LogP contribution in [0, 0.1) is 5.92 Å². The monoisotopic (exact) mass is 253 g/mol. The van der Waals surface area contributed by atoms with Gasteiger partial charge in [-0.2, -0.15) is 0 Å². The highest BCUT2D eigenvalue weighted by Crippen LogP contribution is 2.27. The van der Waals surface area contributed by atoms with Crippen LogP contribution >= 0.6 is 0 Å². The Hall–Kier alpha value is -0.0800. The van der Waals surface area contributed by atoms with Crippen molar-refractivity contribution in [1.82, 2.24) is 0 Å². The molecule has 0 radical (unpaired) electrons. The Morgan fingerprint density at radius 2 is 1.78 bits per heavy atom. The Kier molecular flexibility index (Phi) is 6.50. The molecule has 1 saturated carbocycles. The summed E-state index contributed by atoms with van der Waals surface area (Å²) >= 11 is 0. The summed E-state index contributed by atoms with van der Waals surface area (Å²) in [5, 5.41) is 0. The van der Waals surface area contributed by atoms with Crippen LogP contribution in [-0.4, -0.2) is 18.8 Å². The molecular formula is C16H31NO. The van der Waals surface area contributed by atoms with Gasteiger partial charge in [0.25, 0.3) is 0 Å². The molecule has 0 spiro atoms. The minimum Gasteiger partial charge on any atom is -0.378 e. The summed E-state index contributed by atoms with van der Waals surface area (Å²) in [6.07, 6.45) is 16.7. The fraction of sp³-hybridized carbons (Fsp3) is 1.00. The average molecular weight is 253 g/mol. The lowest BCUT2D eigenvalue weighted by Crippen LogP contribution is -2.24. The van der Waals surface area contributed by atoms with Crippen molar-refractivity contribution >= 4 is 0 Å². The van der Waals surface area contributed by atoms with Crippen molar-refractivity contribution in [1.29, 1.82) is 0 Å². The number of nitrogens with two attached hydrogens (primary N) is 1. The molecule has 2 nitrogen and oxygen atoms in total. The van der Waals surface area contributed by atoms with E-state index in [4.69, 9.17) is 10.5 Å². The number of hydrogen-bond donors (Lipinski definition) is 1. The fourth-order valence-corrected chi connectivity index (χ4v) is 3.63. The maximum Gasteiger partial charge on any atom is 0.0576 e. The molecule has 0 aromatic carbocycles. The predicted octanol–water partition coefficient (Wildman–Crippen LogP) is 4.02. The number of rotatable bonds is 6. The first-order valence-corrected chi connectivity index (χ1v) is 8.22. The van der Waals surface area contributed by atoms with E-state index in [-0.39, 0.29) is 0 Å². The van der Waals surface area contributed by atoms with Gasteiger partial charge in [0.05, 0.1) is 6.10 Å². The summed E-state index contributed by atoms with van der Waals surface area (Å²) in [7, 11) is 0. The van der Waals surface area contributed by atoms with E-state index in [0.717, 1.165) is 12.5 Å². The summed E-state index contributed by atoms with van der Waals surface area (Å²) in [6.45, 7) is 0.985. The van der Waals surface area contributed by atoms with Crippen molar-refractivity contribution < 1.29 is 4.74 Å². The third-order valence-corrected chi connectivity index (χ3v) is 4.74. The second-order valence-corrected chi connectivity index (χ2v) is 6.42. The van der Waals surface area contributed by atoms with Crippen LogP contribution in [0.5, 0.6) is 0 Å². The molecule has 2 heteroatoms. The van der Waals surface area contributed by atoms with Crippen LogP contribution in [0.1, 0.15) is 77.0 Å². The highest BCUT2D eigenvalue weighted by Gasteiger charge is 2.18. The van der Waals surface area contributed by atoms with Crippen molar-refractivity contribution in [3.05, 3.63) is 0 Å². The third-order valence-electron chi connectivity index (χ3n) is 4.74. The molecule has 2 unspecified atom stereocenters. The zero-order valence-corrected chi connectivity index (χ0v) is 11.9. The van der Waals surface area contributed by atoms with E-state index in [1.807, 2.05) is 0 Å². The summed E-state index contributed by atoms with van der Waals surface area (Å²) in [4.78, 5) is 0. The Morgan fingerprint density at radius 3 is 2.44 bits per heavy atom. The first-order chi connectivity index (χ1) is 8.84. The topological polar surface area (TPSA) is 35.2 Å². The smallest absolute Gasteiger partial charge is 0.0576 e. The lowest BCUT2D eigenvalue weighted by atomic mass is 9.90. The molecule has 1 heterocycles. The molecule has 2 rings (SSSR count). The van der Waals surface area contributed by atoms with Crippen molar-refractivity contribution in [2.75, 3.05) is 6.61 Å². The van der Waals surface area contributed by atoms with Crippen LogP contribution < -0.4 is 5.73 Å². The van der Waals surface area contributed by atoms with Gasteiger partial charge < -0.3 is 10.5 Å². The normalized spacial score (nSPS) is 28.2. The largest absolute Gasteiger partial charge is 0.378 e. The first-order valence-electron chi connectivity index (χ1n) is 8.22. The van der Waals surface area contributed by atoms with E-state index in [1.165, 1.54) is 77.0 Å². The lowest BCUT2D eigenvalue weighted by molar-refractivity contribution is 0.101. The first kappa shape index (κ1) is 14.3. The summed E-state index contributed by atoms with van der Waals surface area (Å²) in [6, 6.07) is 0.439. The Morgan fingerprint density at radius 1 is 1.00 bits per heavy atom. The van der Waals surface area contributed by atoms with E-state index in [0.29, 0.717) is 12.1 Å². The SMILES string of the molecule is NC(CCCC1CCCO1)CC1CCCCCC1. The summed E-state index contributed by atoms with van der Waals surface area (Å²) in [5.74, 6) is 0.922. The quantitative estimate of drug-likeness (QED) is 0.726. The Labute approximate surface area is 113 Å². The number of ether oxygens (including phenoxy) is 1. The van der Waals surface area contributed by atoms with Crippen LogP contribution in [0.15, 0.2) is 0 Å². The maximum absolute atomic E-state index is 6.30. The molecule has 0 aromatic heterocycles. The fourth-order valence-electron chi connectivity index (χ4n) is 3.63. The minimum atomic E-state index is 0.439. The van der Waals surface area contributed by atoms with E-state index in [9.17, 15) is 0 Å². The van der Waals surface area contributed by atoms with Gasteiger partial charge in [-0.15, -0.1) is 0 Å². The molecule has 2 N–H and O–H groups in total. The van der Waals surface area contributed by atoms with Gasteiger partial charge in [-0.1, -0.05) is 38.5 Å². The third kappa shape index (κ3) is 5.27. The van der Waals surface area contributed by atoms with Gasteiger partial charge in [-0.3, -0.25) is 0 Å². The van der Waals surface area contributed by atoms with Crippen LogP contribution in [0.25, 0.3) is 0 Å². The van der Waals surface area contributed by atoms with Gasteiger partial charge in [-0.25, -0.2) is 0 Å². The van der Waals surface area contributed by atoms with Gasteiger partial charge in [0, 0.05) is 12.6 Å². The highest BCUT2D eigenvalue weighted by molar-refractivity contribution is 4.73. The standard InChI is InChI=1S/C16H31NO/c17-15(9-5-10-16-11-6-12-18-16)13-14-7-3-1-2-4-8-14/h14-16H,1-13,17H2. The minimum absolute atomic E-state index is 0.439.